The molecule has 2 aromatic heterocycles. The molecule has 5 heteroatoms. The molecule has 1 unspecified atom stereocenters. The Hall–Kier alpha value is -1.42. The maximum Gasteiger partial charge on any atom is 0.137 e. The molecule has 19 heavy (non-hydrogen) atoms. The van der Waals surface area contributed by atoms with Crippen molar-refractivity contribution in [3.8, 4) is 0 Å². The average Bonchev–Trinajstić information content (AvgIpc) is 2.91. The van der Waals surface area contributed by atoms with Crippen LogP contribution in [0.3, 0.4) is 0 Å². The highest BCUT2D eigenvalue weighted by Crippen LogP contribution is 2.41. The van der Waals surface area contributed by atoms with Crippen LogP contribution in [0.15, 0.2) is 23.6 Å². The predicted molar refractivity (Wildman–Crippen MR) is 75.6 cm³/mol. The maximum atomic E-state index is 7.59. The highest BCUT2D eigenvalue weighted by Gasteiger charge is 2.28. The van der Waals surface area contributed by atoms with Gasteiger partial charge < -0.3 is 4.98 Å². The van der Waals surface area contributed by atoms with Crippen LogP contribution in [0.4, 0.5) is 0 Å². The van der Waals surface area contributed by atoms with Gasteiger partial charge in [0.05, 0.1) is 5.02 Å². The van der Waals surface area contributed by atoms with Crippen LogP contribution in [-0.2, 0) is 0 Å². The molecule has 1 saturated carbocycles. The van der Waals surface area contributed by atoms with Gasteiger partial charge in [-0.1, -0.05) is 30.9 Å². The van der Waals surface area contributed by atoms with Crippen molar-refractivity contribution in [3.63, 3.8) is 0 Å². The molecule has 0 amide bonds. The van der Waals surface area contributed by atoms with Gasteiger partial charge in [-0.2, -0.15) is 5.11 Å². The standard InChI is InChI=1S/C14H17ClN4/c15-11-8-18-14-10(6-7-17-14)12(11)13(19-16)9-4-2-1-3-5-9/h6-9,13,16H,1-5H2,(H,17,18). The minimum Gasteiger partial charge on any atom is -0.346 e. The van der Waals surface area contributed by atoms with Gasteiger partial charge in [0, 0.05) is 23.3 Å². The predicted octanol–water partition coefficient (Wildman–Crippen LogP) is 4.87. The van der Waals surface area contributed by atoms with Crippen LogP contribution in [0.5, 0.6) is 0 Å². The molecule has 4 nitrogen and oxygen atoms in total. The fourth-order valence-electron chi connectivity index (χ4n) is 3.16. The summed E-state index contributed by atoms with van der Waals surface area (Å²) in [7, 11) is 0. The Morgan fingerprint density at radius 3 is 2.89 bits per heavy atom. The minimum absolute atomic E-state index is 0.130. The minimum atomic E-state index is -0.130. The Morgan fingerprint density at radius 2 is 2.16 bits per heavy atom. The molecule has 0 radical (unpaired) electrons. The SMILES string of the molecule is N=NC(c1c(Cl)cnc2[nH]ccc12)C1CCCCC1. The van der Waals surface area contributed by atoms with Gasteiger partial charge >= 0.3 is 0 Å². The smallest absolute Gasteiger partial charge is 0.137 e. The lowest BCUT2D eigenvalue weighted by Gasteiger charge is -2.27. The van der Waals surface area contributed by atoms with E-state index in [9.17, 15) is 0 Å². The molecule has 100 valence electrons. The molecule has 0 spiro atoms. The molecular weight excluding hydrogens is 260 g/mol. The van der Waals surface area contributed by atoms with E-state index in [0.29, 0.717) is 10.9 Å². The third-order valence-electron chi connectivity index (χ3n) is 4.11. The zero-order valence-corrected chi connectivity index (χ0v) is 11.5. The lowest BCUT2D eigenvalue weighted by molar-refractivity contribution is 0.302. The highest BCUT2D eigenvalue weighted by molar-refractivity contribution is 6.32. The van der Waals surface area contributed by atoms with E-state index >= 15 is 0 Å². The van der Waals surface area contributed by atoms with Crippen molar-refractivity contribution in [2.75, 3.05) is 0 Å². The lowest BCUT2D eigenvalue weighted by atomic mass is 9.81. The number of aromatic amines is 1. The molecule has 3 rings (SSSR count). The maximum absolute atomic E-state index is 7.59. The Balaban J connectivity index is 2.07. The van der Waals surface area contributed by atoms with Crippen LogP contribution in [0.25, 0.3) is 11.0 Å². The number of hydrogen-bond acceptors (Lipinski definition) is 3. The summed E-state index contributed by atoms with van der Waals surface area (Å²) in [6.07, 6.45) is 9.56. The molecule has 0 aromatic carbocycles. The quantitative estimate of drug-likeness (QED) is 0.772. The summed E-state index contributed by atoms with van der Waals surface area (Å²) in [5, 5.41) is 5.52. The normalized spacial score (nSPS) is 18.6. The zero-order chi connectivity index (χ0) is 13.2. The van der Waals surface area contributed by atoms with Gasteiger partial charge in [-0.15, -0.1) is 0 Å². The first kappa shape index (κ1) is 12.6. The van der Waals surface area contributed by atoms with Crippen molar-refractivity contribution < 1.29 is 0 Å². The first-order valence-corrected chi connectivity index (χ1v) is 7.17. The van der Waals surface area contributed by atoms with Gasteiger partial charge in [0.1, 0.15) is 11.7 Å². The third kappa shape index (κ3) is 2.25. The van der Waals surface area contributed by atoms with Crippen molar-refractivity contribution in [2.24, 2.45) is 11.0 Å². The molecule has 1 aliphatic carbocycles. The second kappa shape index (κ2) is 5.29. The van der Waals surface area contributed by atoms with Crippen molar-refractivity contribution in [3.05, 3.63) is 29.0 Å². The number of fused-ring (bicyclic) bond motifs is 1. The molecule has 2 aromatic rings. The first-order chi connectivity index (χ1) is 9.31. The second-order valence-corrected chi connectivity index (χ2v) is 5.64. The summed E-state index contributed by atoms with van der Waals surface area (Å²) in [4.78, 5) is 7.37. The molecule has 0 aliphatic heterocycles. The van der Waals surface area contributed by atoms with Gasteiger partial charge in [-0.05, 0) is 24.8 Å². The van der Waals surface area contributed by atoms with Crippen LogP contribution in [0.1, 0.15) is 43.7 Å². The van der Waals surface area contributed by atoms with Gasteiger partial charge in [-0.3, -0.25) is 0 Å². The monoisotopic (exact) mass is 276 g/mol. The Labute approximate surface area is 117 Å². The molecule has 0 saturated heterocycles. The highest BCUT2D eigenvalue weighted by atomic mass is 35.5. The number of hydrogen-bond donors (Lipinski definition) is 2. The fraction of sp³-hybridized carbons (Fsp3) is 0.500. The van der Waals surface area contributed by atoms with Crippen LogP contribution in [0, 0.1) is 11.4 Å². The van der Waals surface area contributed by atoms with E-state index in [4.69, 9.17) is 17.1 Å². The van der Waals surface area contributed by atoms with Gasteiger partial charge in [-0.25, -0.2) is 10.5 Å². The van der Waals surface area contributed by atoms with Crippen LogP contribution < -0.4 is 0 Å². The molecule has 2 heterocycles. The Morgan fingerprint density at radius 1 is 1.37 bits per heavy atom. The van der Waals surface area contributed by atoms with Crippen molar-refractivity contribution >= 4 is 22.6 Å². The van der Waals surface area contributed by atoms with E-state index in [1.54, 1.807) is 6.20 Å². The Bertz CT molecular complexity index is 586. The summed E-state index contributed by atoms with van der Waals surface area (Å²) in [5.41, 5.74) is 9.38. The average molecular weight is 277 g/mol. The lowest BCUT2D eigenvalue weighted by Crippen LogP contribution is -2.15. The molecule has 1 fully saturated rings. The van der Waals surface area contributed by atoms with Crippen molar-refractivity contribution in [1.82, 2.24) is 9.97 Å². The summed E-state index contributed by atoms with van der Waals surface area (Å²) in [6, 6.07) is 1.85. The van der Waals surface area contributed by atoms with Crippen molar-refractivity contribution in [1.29, 1.82) is 5.53 Å². The first-order valence-electron chi connectivity index (χ1n) is 6.79. The number of aromatic nitrogens is 2. The van der Waals surface area contributed by atoms with E-state index in [0.717, 1.165) is 29.4 Å². The molecule has 1 atom stereocenters. The zero-order valence-electron chi connectivity index (χ0n) is 10.7. The number of halogens is 1. The third-order valence-corrected chi connectivity index (χ3v) is 4.41. The van der Waals surface area contributed by atoms with E-state index in [1.807, 2.05) is 12.3 Å². The fourth-order valence-corrected chi connectivity index (χ4v) is 3.42. The number of H-pyrrole nitrogens is 1. The summed E-state index contributed by atoms with van der Waals surface area (Å²) in [5.74, 6) is 0.434. The molecule has 1 aliphatic rings. The van der Waals surface area contributed by atoms with E-state index in [-0.39, 0.29) is 6.04 Å². The summed E-state index contributed by atoms with van der Waals surface area (Å²) < 4.78 is 0. The van der Waals surface area contributed by atoms with Crippen molar-refractivity contribution in [2.45, 2.75) is 38.1 Å². The summed E-state index contributed by atoms with van der Waals surface area (Å²) in [6.45, 7) is 0. The second-order valence-electron chi connectivity index (χ2n) is 5.23. The van der Waals surface area contributed by atoms with Crippen LogP contribution >= 0.6 is 11.6 Å². The number of nitrogens with zero attached hydrogens (tertiary/aromatic N) is 2. The van der Waals surface area contributed by atoms with Gasteiger partial charge in [0.25, 0.3) is 0 Å². The largest absolute Gasteiger partial charge is 0.346 e. The van der Waals surface area contributed by atoms with Crippen LogP contribution in [0.2, 0.25) is 5.02 Å². The number of pyridine rings is 1. The molecular formula is C14H17ClN4. The molecule has 0 bridgehead atoms. The Kier molecular flexibility index (Phi) is 3.51. The summed E-state index contributed by atoms with van der Waals surface area (Å²) >= 11 is 6.33. The van der Waals surface area contributed by atoms with E-state index < -0.39 is 0 Å². The van der Waals surface area contributed by atoms with E-state index in [1.165, 1.54) is 19.3 Å². The number of nitrogens with one attached hydrogen (secondary N) is 2. The molecule has 2 N–H and O–H groups in total. The van der Waals surface area contributed by atoms with Gasteiger partial charge in [0.2, 0.25) is 0 Å². The van der Waals surface area contributed by atoms with Crippen LogP contribution in [-0.4, -0.2) is 9.97 Å². The number of rotatable bonds is 3. The van der Waals surface area contributed by atoms with Gasteiger partial charge in [0.15, 0.2) is 0 Å². The topological polar surface area (TPSA) is 64.9 Å². The van der Waals surface area contributed by atoms with E-state index in [2.05, 4.69) is 15.1 Å².